The zero-order chi connectivity index (χ0) is 13.9. The van der Waals surface area contributed by atoms with Crippen LogP contribution in [0.3, 0.4) is 0 Å². The largest absolute Gasteiger partial charge is 0.497 e. The predicted octanol–water partition coefficient (Wildman–Crippen LogP) is 4.72. The molecule has 1 aromatic rings. The molecule has 0 bridgehead atoms. The first kappa shape index (κ1) is 14.4. The average Bonchev–Trinajstić information content (AvgIpc) is 2.44. The van der Waals surface area contributed by atoms with Crippen LogP contribution in [-0.4, -0.2) is 7.11 Å². The van der Waals surface area contributed by atoms with Crippen molar-refractivity contribution in [2.75, 3.05) is 7.11 Å². The van der Waals surface area contributed by atoms with Crippen molar-refractivity contribution in [3.8, 4) is 11.8 Å². The molecule has 0 saturated heterocycles. The number of rotatable bonds is 3. The maximum absolute atomic E-state index is 9.61. The highest BCUT2D eigenvalue weighted by Crippen LogP contribution is 2.42. The molecule has 1 aromatic carbocycles. The Bertz CT molecular complexity index is 484. The van der Waals surface area contributed by atoms with Gasteiger partial charge in [-0.1, -0.05) is 22.9 Å². The second-order valence-electron chi connectivity index (χ2n) is 5.71. The normalized spacial score (nSPS) is 26.7. The molecule has 19 heavy (non-hydrogen) atoms. The molecule has 0 radical (unpaired) electrons. The Hall–Kier alpha value is -1.01. The van der Waals surface area contributed by atoms with E-state index >= 15 is 0 Å². The second kappa shape index (κ2) is 5.96. The molecule has 2 nitrogen and oxygen atoms in total. The quantitative estimate of drug-likeness (QED) is 0.806. The van der Waals surface area contributed by atoms with Crippen molar-refractivity contribution in [3.05, 3.63) is 28.2 Å². The summed E-state index contributed by atoms with van der Waals surface area (Å²) in [4.78, 5) is 0. The summed E-state index contributed by atoms with van der Waals surface area (Å²) in [6.45, 7) is 2.28. The van der Waals surface area contributed by atoms with E-state index in [4.69, 9.17) is 4.74 Å². The summed E-state index contributed by atoms with van der Waals surface area (Å²) in [5, 5.41) is 9.61. The van der Waals surface area contributed by atoms with Gasteiger partial charge in [-0.2, -0.15) is 5.26 Å². The van der Waals surface area contributed by atoms with Gasteiger partial charge in [0.05, 0.1) is 18.6 Å². The molecule has 0 unspecified atom stereocenters. The first-order valence-electron chi connectivity index (χ1n) is 6.82. The number of ether oxygens (including phenoxy) is 1. The first-order chi connectivity index (χ1) is 9.08. The maximum atomic E-state index is 9.61. The van der Waals surface area contributed by atoms with Gasteiger partial charge in [0.25, 0.3) is 0 Å². The molecule has 0 atom stereocenters. The van der Waals surface area contributed by atoms with Crippen molar-refractivity contribution < 1.29 is 4.74 Å². The highest BCUT2D eigenvalue weighted by atomic mass is 79.9. The minimum atomic E-state index is -0.193. The van der Waals surface area contributed by atoms with Gasteiger partial charge in [0, 0.05) is 4.47 Å². The molecule has 0 heterocycles. The van der Waals surface area contributed by atoms with Gasteiger partial charge >= 0.3 is 0 Å². The second-order valence-corrected chi connectivity index (χ2v) is 6.56. The standard InChI is InChI=1S/C16H20BrNO/c1-12-5-7-16(11-18,8-6-12)10-13-9-14(19-2)3-4-15(13)17/h3-4,9,12H,5-8,10H2,1-2H3. The Kier molecular flexibility index (Phi) is 4.52. The Labute approximate surface area is 123 Å². The van der Waals surface area contributed by atoms with E-state index in [0.29, 0.717) is 0 Å². The third-order valence-corrected chi connectivity index (χ3v) is 5.02. The lowest BCUT2D eigenvalue weighted by atomic mass is 9.69. The Morgan fingerprint density at radius 2 is 2.11 bits per heavy atom. The van der Waals surface area contributed by atoms with E-state index in [2.05, 4.69) is 28.9 Å². The third kappa shape index (κ3) is 3.30. The smallest absolute Gasteiger partial charge is 0.119 e. The lowest BCUT2D eigenvalue weighted by Gasteiger charge is -2.34. The summed E-state index contributed by atoms with van der Waals surface area (Å²) in [6.07, 6.45) is 5.15. The molecule has 1 aliphatic rings. The van der Waals surface area contributed by atoms with Crippen LogP contribution in [0.15, 0.2) is 22.7 Å². The highest BCUT2D eigenvalue weighted by Gasteiger charge is 2.34. The van der Waals surface area contributed by atoms with Gasteiger partial charge in [-0.3, -0.25) is 0 Å². The van der Waals surface area contributed by atoms with Crippen LogP contribution in [0, 0.1) is 22.7 Å². The molecule has 0 N–H and O–H groups in total. The van der Waals surface area contributed by atoms with Crippen molar-refractivity contribution in [1.82, 2.24) is 0 Å². The van der Waals surface area contributed by atoms with E-state index < -0.39 is 0 Å². The van der Waals surface area contributed by atoms with Gasteiger partial charge in [-0.15, -0.1) is 0 Å². The lowest BCUT2D eigenvalue weighted by Crippen LogP contribution is -2.27. The van der Waals surface area contributed by atoms with Crippen LogP contribution < -0.4 is 4.74 Å². The molecule has 3 heteroatoms. The molecule has 102 valence electrons. The number of nitrogens with zero attached hydrogens (tertiary/aromatic N) is 1. The van der Waals surface area contributed by atoms with Gasteiger partial charge in [-0.25, -0.2) is 0 Å². The highest BCUT2D eigenvalue weighted by molar-refractivity contribution is 9.10. The number of methoxy groups -OCH3 is 1. The van der Waals surface area contributed by atoms with E-state index in [1.807, 2.05) is 18.2 Å². The molecule has 0 aliphatic heterocycles. The monoisotopic (exact) mass is 321 g/mol. The molecule has 0 spiro atoms. The molecule has 0 amide bonds. The van der Waals surface area contributed by atoms with E-state index in [1.54, 1.807) is 7.11 Å². The summed E-state index contributed by atoms with van der Waals surface area (Å²) >= 11 is 3.59. The number of nitriles is 1. The molecular formula is C16H20BrNO. The number of halogens is 1. The summed E-state index contributed by atoms with van der Waals surface area (Å²) < 4.78 is 6.35. The molecule has 0 aromatic heterocycles. The Morgan fingerprint density at radius 3 is 2.68 bits per heavy atom. The Balaban J connectivity index is 2.21. The number of benzene rings is 1. The fourth-order valence-electron chi connectivity index (χ4n) is 2.82. The van der Waals surface area contributed by atoms with Gasteiger partial charge in [0.2, 0.25) is 0 Å². The first-order valence-corrected chi connectivity index (χ1v) is 7.61. The minimum absolute atomic E-state index is 0.193. The van der Waals surface area contributed by atoms with Gasteiger partial charge in [-0.05, 0) is 61.8 Å². The van der Waals surface area contributed by atoms with Crippen molar-refractivity contribution in [2.45, 2.75) is 39.0 Å². The minimum Gasteiger partial charge on any atom is -0.497 e. The van der Waals surface area contributed by atoms with Crippen LogP contribution >= 0.6 is 15.9 Å². The van der Waals surface area contributed by atoms with Crippen molar-refractivity contribution in [2.24, 2.45) is 11.3 Å². The van der Waals surface area contributed by atoms with Crippen LogP contribution in [0.25, 0.3) is 0 Å². The van der Waals surface area contributed by atoms with Gasteiger partial charge in [0.1, 0.15) is 5.75 Å². The fraction of sp³-hybridized carbons (Fsp3) is 0.562. The topological polar surface area (TPSA) is 33.0 Å². The molecule has 1 fully saturated rings. The molecular weight excluding hydrogens is 302 g/mol. The SMILES string of the molecule is COc1ccc(Br)c(CC2(C#N)CCC(C)CC2)c1. The summed E-state index contributed by atoms with van der Waals surface area (Å²) in [5.74, 6) is 1.62. The van der Waals surface area contributed by atoms with Crippen molar-refractivity contribution in [1.29, 1.82) is 5.26 Å². The lowest BCUT2D eigenvalue weighted by molar-refractivity contribution is 0.218. The van der Waals surface area contributed by atoms with E-state index in [1.165, 1.54) is 5.56 Å². The summed E-state index contributed by atoms with van der Waals surface area (Å²) in [6, 6.07) is 8.58. The van der Waals surface area contributed by atoms with E-state index in [9.17, 15) is 5.26 Å². The van der Waals surface area contributed by atoms with Gasteiger partial charge in [0.15, 0.2) is 0 Å². The Morgan fingerprint density at radius 1 is 1.42 bits per heavy atom. The van der Waals surface area contributed by atoms with Crippen LogP contribution in [-0.2, 0) is 6.42 Å². The van der Waals surface area contributed by atoms with Crippen LogP contribution in [0.4, 0.5) is 0 Å². The predicted molar refractivity (Wildman–Crippen MR) is 80.1 cm³/mol. The van der Waals surface area contributed by atoms with Gasteiger partial charge < -0.3 is 4.74 Å². The van der Waals surface area contributed by atoms with E-state index in [0.717, 1.165) is 48.2 Å². The molecule has 2 rings (SSSR count). The third-order valence-electron chi connectivity index (χ3n) is 4.25. The van der Waals surface area contributed by atoms with Crippen molar-refractivity contribution in [3.63, 3.8) is 0 Å². The zero-order valence-corrected chi connectivity index (χ0v) is 13.2. The zero-order valence-electron chi connectivity index (χ0n) is 11.6. The summed E-state index contributed by atoms with van der Waals surface area (Å²) in [5.41, 5.74) is 0.983. The van der Waals surface area contributed by atoms with Crippen LogP contribution in [0.1, 0.15) is 38.2 Å². The van der Waals surface area contributed by atoms with E-state index in [-0.39, 0.29) is 5.41 Å². The number of hydrogen-bond donors (Lipinski definition) is 0. The van der Waals surface area contributed by atoms with Crippen LogP contribution in [0.5, 0.6) is 5.75 Å². The molecule has 1 aliphatic carbocycles. The van der Waals surface area contributed by atoms with Crippen molar-refractivity contribution >= 4 is 15.9 Å². The maximum Gasteiger partial charge on any atom is 0.119 e. The fourth-order valence-corrected chi connectivity index (χ4v) is 3.21. The molecule has 1 saturated carbocycles. The average molecular weight is 322 g/mol. The summed E-state index contributed by atoms with van der Waals surface area (Å²) in [7, 11) is 1.68. The number of hydrogen-bond acceptors (Lipinski definition) is 2. The van der Waals surface area contributed by atoms with Crippen LogP contribution in [0.2, 0.25) is 0 Å².